The lowest BCUT2D eigenvalue weighted by Gasteiger charge is -2.38. The van der Waals surface area contributed by atoms with E-state index < -0.39 is 12.1 Å². The molecule has 2 unspecified atom stereocenters. The molecular weight excluding hydrogens is 840 g/mol. The van der Waals surface area contributed by atoms with Crippen LogP contribution in [0.1, 0.15) is 51.0 Å². The maximum atomic E-state index is 14.6. The maximum Gasteiger partial charge on any atom is 0.322 e. The first-order valence-corrected chi connectivity index (χ1v) is 21.2. The lowest BCUT2D eigenvalue weighted by Crippen LogP contribution is -2.43. The number of carbonyl (C=O) groups is 2. The molecule has 64 heavy (non-hydrogen) atoms. The van der Waals surface area contributed by atoms with Crippen LogP contribution in [0.15, 0.2) is 72.8 Å². The number of carbonyl (C=O) groups excluding carboxylic acids is 2. The van der Waals surface area contributed by atoms with E-state index in [1.807, 2.05) is 72.5 Å². The summed E-state index contributed by atoms with van der Waals surface area (Å²) < 4.78 is 44.9. The second-order valence-corrected chi connectivity index (χ2v) is 15.9. The molecule has 2 N–H and O–H groups in total. The van der Waals surface area contributed by atoms with Crippen molar-refractivity contribution in [2.45, 2.75) is 44.7 Å². The molecule has 4 amide bonds. The van der Waals surface area contributed by atoms with Gasteiger partial charge in [-0.3, -0.25) is 0 Å². The van der Waals surface area contributed by atoms with Crippen molar-refractivity contribution < 1.29 is 47.5 Å². The molecule has 0 spiro atoms. The second kappa shape index (κ2) is 19.8. The Morgan fingerprint density at radius 2 is 0.891 bits per heavy atom. The first kappa shape index (κ1) is 45.4. The first-order chi connectivity index (χ1) is 31.0. The minimum atomic E-state index is -0.409. The number of halogens is 1. The van der Waals surface area contributed by atoms with Crippen LogP contribution in [-0.2, 0) is 25.7 Å². The molecule has 0 saturated carbocycles. The highest BCUT2D eigenvalue weighted by Crippen LogP contribution is 2.43. The van der Waals surface area contributed by atoms with Gasteiger partial charge in [-0.25, -0.2) is 9.59 Å². The number of nitrogens with zero attached hydrogens (tertiary/aromatic N) is 2. The van der Waals surface area contributed by atoms with Crippen LogP contribution in [-0.4, -0.2) is 91.8 Å². The molecule has 2 aliphatic rings. The van der Waals surface area contributed by atoms with Gasteiger partial charge >= 0.3 is 12.1 Å². The molecule has 0 fully saturated rings. The van der Waals surface area contributed by atoms with E-state index in [1.165, 1.54) is 0 Å². The minimum absolute atomic E-state index is 0.319. The molecule has 0 aliphatic carbocycles. The van der Waals surface area contributed by atoms with Gasteiger partial charge < -0.3 is 58.3 Å². The maximum absolute atomic E-state index is 14.6. The van der Waals surface area contributed by atoms with E-state index in [2.05, 4.69) is 10.6 Å². The van der Waals surface area contributed by atoms with E-state index in [0.29, 0.717) is 101 Å². The van der Waals surface area contributed by atoms with Gasteiger partial charge in [0.05, 0.1) is 79.7 Å². The molecule has 2 heterocycles. The largest absolute Gasteiger partial charge is 0.493 e. The van der Waals surface area contributed by atoms with E-state index in [4.69, 9.17) is 49.5 Å². The molecule has 5 aromatic carbocycles. The van der Waals surface area contributed by atoms with Crippen molar-refractivity contribution in [2.24, 2.45) is 0 Å². The Balaban J connectivity index is 1.18. The monoisotopic (exact) mass is 894 g/mol. The number of ether oxygens (including phenoxy) is 8. The number of methoxy groups -OCH3 is 8. The number of rotatable bonds is 14. The number of anilines is 2. The van der Waals surface area contributed by atoms with Crippen LogP contribution in [0.3, 0.4) is 0 Å². The van der Waals surface area contributed by atoms with Crippen molar-refractivity contribution >= 4 is 35.0 Å². The zero-order valence-electron chi connectivity index (χ0n) is 37.7. The molecule has 14 nitrogen and oxygen atoms in total. The average Bonchev–Trinajstić information content (AvgIpc) is 3.31. The quantitative estimate of drug-likeness (QED) is 0.111. The summed E-state index contributed by atoms with van der Waals surface area (Å²) in [5.41, 5.74) is 7.41. The highest BCUT2D eigenvalue weighted by molar-refractivity contribution is 6.34. The predicted molar refractivity (Wildman–Crippen MR) is 246 cm³/mol. The fourth-order valence-corrected chi connectivity index (χ4v) is 8.99. The summed E-state index contributed by atoms with van der Waals surface area (Å²) in [6, 6.07) is 21.3. The summed E-state index contributed by atoms with van der Waals surface area (Å²) in [5, 5.41) is 6.55. The van der Waals surface area contributed by atoms with Gasteiger partial charge in [0, 0.05) is 18.8 Å². The number of amides is 4. The number of nitrogens with one attached hydrogen (secondary N) is 2. The van der Waals surface area contributed by atoms with E-state index in [1.54, 1.807) is 73.9 Å². The third-order valence-corrected chi connectivity index (χ3v) is 12.4. The summed E-state index contributed by atoms with van der Waals surface area (Å²) in [6.45, 7) is 2.70. The van der Waals surface area contributed by atoms with Crippen molar-refractivity contribution in [3.63, 3.8) is 0 Å². The summed E-state index contributed by atoms with van der Waals surface area (Å²) >= 11 is 6.87. The number of hydrogen-bond donors (Lipinski definition) is 2. The summed E-state index contributed by atoms with van der Waals surface area (Å²) in [5.74, 6) is 4.75. The van der Waals surface area contributed by atoms with Crippen molar-refractivity contribution in [3.8, 4) is 46.0 Å². The number of aryl methyl sites for hydroxylation is 1. The van der Waals surface area contributed by atoms with Gasteiger partial charge in [-0.05, 0) is 132 Å². The highest BCUT2D eigenvalue weighted by Gasteiger charge is 2.35. The van der Waals surface area contributed by atoms with Gasteiger partial charge in [0.2, 0.25) is 0 Å². The van der Waals surface area contributed by atoms with E-state index in [9.17, 15) is 9.59 Å². The Hall–Kier alpha value is -6.67. The van der Waals surface area contributed by atoms with Gasteiger partial charge in [0.15, 0.2) is 46.0 Å². The summed E-state index contributed by atoms with van der Waals surface area (Å²) in [6.07, 6.45) is 2.10. The van der Waals surface area contributed by atoms with Crippen LogP contribution in [0.25, 0.3) is 0 Å². The van der Waals surface area contributed by atoms with Crippen molar-refractivity contribution in [3.05, 3.63) is 117 Å². The van der Waals surface area contributed by atoms with Crippen LogP contribution < -0.4 is 48.5 Å². The molecule has 5 aromatic rings. The third kappa shape index (κ3) is 9.19. The highest BCUT2D eigenvalue weighted by atomic mass is 35.5. The minimum Gasteiger partial charge on any atom is -0.493 e. The molecule has 0 radical (unpaired) electrons. The number of benzene rings is 5. The van der Waals surface area contributed by atoms with Gasteiger partial charge in [0.1, 0.15) is 0 Å². The van der Waals surface area contributed by atoms with Crippen LogP contribution in [0.2, 0.25) is 5.02 Å². The lowest BCUT2D eigenvalue weighted by molar-refractivity contribution is 0.181. The SMILES string of the molecule is COc1ccc(CC2c3cc(OC)c(OC)cc3CCN2C(=O)Nc2cc(NC(=O)N3CCc4cc(OC)c(OC)cc4C3Cc3ccc(OC)c(OC)c3)c(Cl)cc2C)cc1OC. The summed E-state index contributed by atoms with van der Waals surface area (Å²) in [4.78, 5) is 32.7. The molecule has 338 valence electrons. The van der Waals surface area contributed by atoms with Crippen molar-refractivity contribution in [1.82, 2.24) is 9.80 Å². The van der Waals surface area contributed by atoms with Crippen molar-refractivity contribution in [2.75, 3.05) is 80.6 Å². The van der Waals surface area contributed by atoms with E-state index in [0.717, 1.165) is 38.9 Å². The molecule has 0 aromatic heterocycles. The van der Waals surface area contributed by atoms with Gasteiger partial charge in [-0.1, -0.05) is 23.7 Å². The van der Waals surface area contributed by atoms with Crippen molar-refractivity contribution in [1.29, 1.82) is 0 Å². The Morgan fingerprint density at radius 1 is 0.516 bits per heavy atom. The number of urea groups is 2. The topological polar surface area (TPSA) is 139 Å². The Kier molecular flexibility index (Phi) is 14.0. The molecule has 15 heteroatoms. The predicted octanol–water partition coefficient (Wildman–Crippen LogP) is 9.47. The molecule has 2 atom stereocenters. The molecule has 0 saturated heterocycles. The third-order valence-electron chi connectivity index (χ3n) is 12.1. The zero-order valence-corrected chi connectivity index (χ0v) is 38.4. The zero-order chi connectivity index (χ0) is 45.7. The Morgan fingerprint density at radius 3 is 1.30 bits per heavy atom. The van der Waals surface area contributed by atoms with Crippen LogP contribution in [0.5, 0.6) is 46.0 Å². The fourth-order valence-electron chi connectivity index (χ4n) is 8.72. The van der Waals surface area contributed by atoms with Crippen LogP contribution in [0, 0.1) is 6.92 Å². The molecule has 2 aliphatic heterocycles. The number of hydrogen-bond acceptors (Lipinski definition) is 10. The molecule has 7 rings (SSSR count). The Labute approximate surface area is 379 Å². The fraction of sp³-hybridized carbons (Fsp3) is 0.347. The van der Waals surface area contributed by atoms with E-state index >= 15 is 0 Å². The first-order valence-electron chi connectivity index (χ1n) is 20.8. The van der Waals surface area contributed by atoms with Crippen LogP contribution in [0.4, 0.5) is 21.0 Å². The average molecular weight is 895 g/mol. The molecular formula is C49H55ClN4O10. The Bertz CT molecular complexity index is 2360. The lowest BCUT2D eigenvalue weighted by atomic mass is 9.88. The van der Waals surface area contributed by atoms with Gasteiger partial charge in [-0.2, -0.15) is 0 Å². The van der Waals surface area contributed by atoms with E-state index in [-0.39, 0.29) is 12.1 Å². The smallest absolute Gasteiger partial charge is 0.322 e. The summed E-state index contributed by atoms with van der Waals surface area (Å²) in [7, 11) is 12.8. The van der Waals surface area contributed by atoms with Gasteiger partial charge in [0.25, 0.3) is 0 Å². The molecule has 0 bridgehead atoms. The normalized spacial score (nSPS) is 15.3. The van der Waals surface area contributed by atoms with Gasteiger partial charge in [-0.15, -0.1) is 0 Å². The standard InChI is InChI=1S/C49H55ClN4O10/c1-28-18-35(50)37(52-49(56)54-17-15-32-24-45(62-7)47(64-9)26-34(32)39(54)20-30-11-13-41(58-3)43(22-30)60-5)27-36(28)51-48(55)53-16-14-31-23-44(61-6)46(63-8)25-33(31)38(53)19-29-10-12-40(57-2)42(21-29)59-4/h10-13,18,21-27,38-39H,14-17,19-20H2,1-9H3,(H,51,55)(H,52,56). The van der Waals surface area contributed by atoms with Crippen LogP contribution >= 0.6 is 11.6 Å². The number of fused-ring (bicyclic) bond motifs is 2. The second-order valence-electron chi connectivity index (χ2n) is 15.5.